The molecule has 0 amide bonds. The van der Waals surface area contributed by atoms with Crippen LogP contribution in [0.4, 0.5) is 8.78 Å². The average molecular weight is 247 g/mol. The molecule has 1 aromatic carbocycles. The number of benzene rings is 1. The van der Waals surface area contributed by atoms with Gasteiger partial charge >= 0.3 is 0 Å². The number of rotatable bonds is 3. The van der Waals surface area contributed by atoms with E-state index in [4.69, 9.17) is 11.6 Å². The zero-order chi connectivity index (χ0) is 11.9. The van der Waals surface area contributed by atoms with Crippen molar-refractivity contribution in [3.8, 4) is 0 Å². The molecule has 0 aromatic heterocycles. The summed E-state index contributed by atoms with van der Waals surface area (Å²) >= 11 is 5.46. The fraction of sp³-hybridized carbons (Fsp3) is 0.500. The monoisotopic (exact) mass is 246 g/mol. The molecular formula is C12H13ClF2O. The van der Waals surface area contributed by atoms with Crippen molar-refractivity contribution >= 4 is 11.6 Å². The third kappa shape index (κ3) is 1.82. The van der Waals surface area contributed by atoms with Gasteiger partial charge < -0.3 is 5.11 Å². The Morgan fingerprint density at radius 3 is 2.75 bits per heavy atom. The third-order valence-corrected chi connectivity index (χ3v) is 3.48. The van der Waals surface area contributed by atoms with E-state index in [9.17, 15) is 13.9 Å². The third-order valence-electron chi connectivity index (χ3n) is 3.19. The lowest BCUT2D eigenvalue weighted by Gasteiger charge is -2.12. The normalized spacial score (nSPS) is 28.2. The lowest BCUT2D eigenvalue weighted by molar-refractivity contribution is 0.124. The molecule has 0 heterocycles. The van der Waals surface area contributed by atoms with Crippen LogP contribution in [0.5, 0.6) is 0 Å². The van der Waals surface area contributed by atoms with Crippen LogP contribution in [0, 0.1) is 17.6 Å². The van der Waals surface area contributed by atoms with Crippen LogP contribution in [0.25, 0.3) is 0 Å². The molecule has 0 saturated heterocycles. The molecule has 0 radical (unpaired) electrons. The average Bonchev–Trinajstić information content (AvgIpc) is 2.85. The second kappa shape index (κ2) is 3.97. The van der Waals surface area contributed by atoms with Crippen molar-refractivity contribution in [2.24, 2.45) is 5.92 Å². The van der Waals surface area contributed by atoms with Crippen LogP contribution in [0.3, 0.4) is 0 Å². The molecule has 1 aliphatic rings. The highest BCUT2D eigenvalue weighted by molar-refractivity contribution is 6.30. The summed E-state index contributed by atoms with van der Waals surface area (Å²) < 4.78 is 26.8. The Morgan fingerprint density at radius 1 is 1.44 bits per heavy atom. The minimum atomic E-state index is -1.19. The van der Waals surface area contributed by atoms with Gasteiger partial charge in [-0.1, -0.05) is 24.9 Å². The topological polar surface area (TPSA) is 20.2 Å². The molecule has 1 fully saturated rings. The molecule has 1 aliphatic carbocycles. The molecule has 88 valence electrons. The maximum Gasteiger partial charge on any atom is 0.142 e. The van der Waals surface area contributed by atoms with Crippen molar-refractivity contribution in [2.75, 3.05) is 0 Å². The van der Waals surface area contributed by atoms with Crippen LogP contribution in [0.1, 0.15) is 31.7 Å². The number of hydrogen-bond donors (Lipinski definition) is 1. The van der Waals surface area contributed by atoms with Crippen LogP contribution in [0.2, 0.25) is 5.02 Å². The van der Waals surface area contributed by atoms with Gasteiger partial charge in [0.05, 0.1) is 10.6 Å². The van der Waals surface area contributed by atoms with Crippen LogP contribution in [-0.4, -0.2) is 5.11 Å². The summed E-state index contributed by atoms with van der Waals surface area (Å²) in [6.45, 7) is 2.00. The summed E-state index contributed by atoms with van der Waals surface area (Å²) in [4.78, 5) is 0. The molecule has 0 bridgehead atoms. The second-order valence-electron chi connectivity index (χ2n) is 4.36. The summed E-state index contributed by atoms with van der Waals surface area (Å²) in [6.07, 6.45) is 2.24. The van der Waals surface area contributed by atoms with Crippen molar-refractivity contribution in [2.45, 2.75) is 31.8 Å². The van der Waals surface area contributed by atoms with E-state index >= 15 is 0 Å². The fourth-order valence-electron chi connectivity index (χ4n) is 2.19. The van der Waals surface area contributed by atoms with Crippen molar-refractivity contribution in [1.29, 1.82) is 0 Å². The van der Waals surface area contributed by atoms with Crippen molar-refractivity contribution in [1.82, 2.24) is 0 Å². The first-order valence-electron chi connectivity index (χ1n) is 5.36. The summed E-state index contributed by atoms with van der Waals surface area (Å²) in [6, 6.07) is 1.93. The molecule has 0 aliphatic heterocycles. The fourth-order valence-corrected chi connectivity index (χ4v) is 2.34. The predicted octanol–water partition coefficient (Wildman–Crippen LogP) is 3.63. The minimum absolute atomic E-state index is 0.0348. The van der Waals surface area contributed by atoms with Gasteiger partial charge in [-0.2, -0.15) is 0 Å². The van der Waals surface area contributed by atoms with E-state index in [1.54, 1.807) is 0 Å². The lowest BCUT2D eigenvalue weighted by Crippen LogP contribution is -2.12. The highest BCUT2D eigenvalue weighted by atomic mass is 35.5. The van der Waals surface area contributed by atoms with Gasteiger partial charge in [0.25, 0.3) is 0 Å². The summed E-state index contributed by atoms with van der Waals surface area (Å²) in [5.74, 6) is -1.28. The Hall–Kier alpha value is -0.670. The zero-order valence-electron chi connectivity index (χ0n) is 8.93. The van der Waals surface area contributed by atoms with Crippen molar-refractivity contribution < 1.29 is 13.9 Å². The Morgan fingerprint density at radius 2 is 2.12 bits per heavy atom. The smallest absolute Gasteiger partial charge is 0.142 e. The summed E-state index contributed by atoms with van der Waals surface area (Å²) in [5.41, 5.74) is -1.15. The molecular weight excluding hydrogens is 234 g/mol. The summed E-state index contributed by atoms with van der Waals surface area (Å²) in [7, 11) is 0. The molecule has 16 heavy (non-hydrogen) atoms. The molecule has 4 heteroatoms. The quantitative estimate of drug-likeness (QED) is 0.808. The summed E-state index contributed by atoms with van der Waals surface area (Å²) in [5, 5.41) is 9.89. The number of aliphatic hydroxyl groups is 1. The number of hydrogen-bond acceptors (Lipinski definition) is 1. The van der Waals surface area contributed by atoms with Crippen LogP contribution >= 0.6 is 11.6 Å². The first-order chi connectivity index (χ1) is 7.49. The van der Waals surface area contributed by atoms with E-state index in [1.165, 1.54) is 0 Å². The van der Waals surface area contributed by atoms with Gasteiger partial charge in [-0.05, 0) is 30.9 Å². The molecule has 1 saturated carbocycles. The highest BCUT2D eigenvalue weighted by Gasteiger charge is 2.54. The van der Waals surface area contributed by atoms with E-state index in [2.05, 4.69) is 0 Å². The van der Waals surface area contributed by atoms with Gasteiger partial charge in [-0.3, -0.25) is 0 Å². The van der Waals surface area contributed by atoms with E-state index in [0.29, 0.717) is 6.42 Å². The standard InChI is InChI=1S/C12H13ClF2O/c1-2-3-7-6-12(7,16)8-4-11(15)9(13)5-10(8)14/h4-5,7,16H,2-3,6H2,1H3. The van der Waals surface area contributed by atoms with Crippen LogP contribution in [-0.2, 0) is 5.60 Å². The Bertz CT molecular complexity index is 422. The predicted molar refractivity (Wildman–Crippen MR) is 58.3 cm³/mol. The first-order valence-corrected chi connectivity index (χ1v) is 5.74. The van der Waals surface area contributed by atoms with E-state index in [1.807, 2.05) is 6.92 Å². The maximum absolute atomic E-state index is 13.6. The molecule has 1 aromatic rings. The van der Waals surface area contributed by atoms with Crippen LogP contribution < -0.4 is 0 Å². The van der Waals surface area contributed by atoms with Gasteiger partial charge in [0.2, 0.25) is 0 Å². The van der Waals surface area contributed by atoms with Gasteiger partial charge in [-0.25, -0.2) is 8.78 Å². The maximum atomic E-state index is 13.6. The zero-order valence-corrected chi connectivity index (χ0v) is 9.69. The van der Waals surface area contributed by atoms with Crippen molar-refractivity contribution in [3.05, 3.63) is 34.4 Å². The first kappa shape index (κ1) is 11.8. The van der Waals surface area contributed by atoms with E-state index in [0.717, 1.165) is 25.0 Å². The SMILES string of the molecule is CCCC1CC1(O)c1cc(F)c(Cl)cc1F. The Kier molecular flexibility index (Phi) is 2.93. The lowest BCUT2D eigenvalue weighted by atomic mass is 10.0. The van der Waals surface area contributed by atoms with Gasteiger partial charge in [0.1, 0.15) is 11.6 Å². The van der Waals surface area contributed by atoms with Gasteiger partial charge in [-0.15, -0.1) is 0 Å². The highest BCUT2D eigenvalue weighted by Crippen LogP contribution is 2.55. The van der Waals surface area contributed by atoms with Crippen LogP contribution in [0.15, 0.2) is 12.1 Å². The molecule has 1 N–H and O–H groups in total. The van der Waals surface area contributed by atoms with E-state index < -0.39 is 17.2 Å². The molecule has 0 spiro atoms. The van der Waals surface area contributed by atoms with Crippen molar-refractivity contribution in [3.63, 3.8) is 0 Å². The minimum Gasteiger partial charge on any atom is -0.385 e. The second-order valence-corrected chi connectivity index (χ2v) is 4.77. The molecule has 2 rings (SSSR count). The van der Waals surface area contributed by atoms with Gasteiger partial charge in [0.15, 0.2) is 0 Å². The number of halogens is 3. The molecule has 2 unspecified atom stereocenters. The molecule has 1 nitrogen and oxygen atoms in total. The molecule has 2 atom stereocenters. The van der Waals surface area contributed by atoms with E-state index in [-0.39, 0.29) is 16.5 Å². The van der Waals surface area contributed by atoms with Gasteiger partial charge in [0, 0.05) is 5.56 Å². The largest absolute Gasteiger partial charge is 0.385 e. The Labute approximate surface area is 98.0 Å². The Balaban J connectivity index is 2.32.